The highest BCUT2D eigenvalue weighted by Crippen LogP contribution is 2.40. The van der Waals surface area contributed by atoms with Crippen LogP contribution in [0.5, 0.6) is 0 Å². The third-order valence-corrected chi connectivity index (χ3v) is 11.2. The molecule has 0 spiro atoms. The van der Waals surface area contributed by atoms with Gasteiger partial charge in [-0.25, -0.2) is 0 Å². The van der Waals surface area contributed by atoms with E-state index in [0.29, 0.717) is 19.3 Å². The first-order valence-corrected chi connectivity index (χ1v) is 22.0. The molecule has 5 heteroatoms. The molecule has 0 radical (unpaired) electrons. The average Bonchev–Trinajstić information content (AvgIpc) is 3.09. The van der Waals surface area contributed by atoms with Crippen LogP contribution in [0.2, 0.25) is 0 Å². The second-order valence-electron chi connectivity index (χ2n) is 16.1. The van der Waals surface area contributed by atoms with Crippen molar-refractivity contribution in [2.75, 3.05) is 6.61 Å². The number of ketones is 2. The molecule has 2 unspecified atom stereocenters. The number of aliphatic hydroxyl groups is 1. The van der Waals surface area contributed by atoms with Crippen LogP contribution in [-0.2, 0) is 9.59 Å². The Kier molecular flexibility index (Phi) is 38.5. The Morgan fingerprint density at radius 2 is 0.863 bits per heavy atom. The molecule has 2 atom stereocenters. The second kappa shape index (κ2) is 37.5. The Balaban J connectivity index is 0. The number of rotatable bonds is 39. The molecule has 0 aromatic rings. The zero-order valence-electron chi connectivity index (χ0n) is 34.6. The van der Waals surface area contributed by atoms with Crippen LogP contribution in [0.1, 0.15) is 240 Å². The molecule has 0 aliphatic rings. The number of allylic oxidation sites excluding steroid dienone is 4. The third-order valence-electron chi connectivity index (χ3n) is 11.2. The van der Waals surface area contributed by atoms with Crippen LogP contribution in [-0.4, -0.2) is 28.8 Å². The lowest BCUT2D eigenvalue weighted by molar-refractivity contribution is -0.137. The van der Waals surface area contributed by atoms with Crippen LogP contribution >= 0.6 is 17.0 Å². The lowest BCUT2D eigenvalue weighted by Gasteiger charge is -2.43. The Morgan fingerprint density at radius 3 is 1.27 bits per heavy atom. The van der Waals surface area contributed by atoms with Gasteiger partial charge in [-0.3, -0.25) is 9.59 Å². The van der Waals surface area contributed by atoms with Crippen molar-refractivity contribution in [2.24, 2.45) is 11.1 Å². The van der Waals surface area contributed by atoms with Gasteiger partial charge in [-0.1, -0.05) is 161 Å². The maximum Gasteiger partial charge on any atom is 0.141 e. The van der Waals surface area contributed by atoms with E-state index < -0.39 is 11.0 Å². The number of aliphatic hydroxyl groups excluding tert-OH is 1. The fraction of sp³-hybridized carbons (Fsp3) is 0.870. The normalized spacial score (nSPS) is 14.2. The summed E-state index contributed by atoms with van der Waals surface area (Å²) in [7, 11) is 0. The summed E-state index contributed by atoms with van der Waals surface area (Å²) in [6, 6.07) is 0. The largest absolute Gasteiger partial charge is 0.396 e. The van der Waals surface area contributed by atoms with Gasteiger partial charge in [0, 0.05) is 31.4 Å². The zero-order chi connectivity index (χ0) is 37.0. The van der Waals surface area contributed by atoms with Crippen LogP contribution < -0.4 is 5.73 Å². The number of halogens is 1. The Hall–Kier alpha value is -0.780. The minimum Gasteiger partial charge on any atom is -0.396 e. The van der Waals surface area contributed by atoms with Crippen molar-refractivity contribution in [3.63, 3.8) is 0 Å². The molecule has 0 rings (SSSR count). The van der Waals surface area contributed by atoms with Gasteiger partial charge in [-0.05, 0) is 84.0 Å². The van der Waals surface area contributed by atoms with E-state index in [1.54, 1.807) is 0 Å². The van der Waals surface area contributed by atoms with E-state index in [1.807, 2.05) is 13.8 Å². The topological polar surface area (TPSA) is 80.4 Å². The molecule has 3 N–H and O–H groups in total. The summed E-state index contributed by atoms with van der Waals surface area (Å²) in [6.45, 7) is 8.67. The molecule has 0 bridgehead atoms. The lowest BCUT2D eigenvalue weighted by Crippen LogP contribution is -2.56. The highest BCUT2D eigenvalue weighted by atomic mass is 79.9. The molecule has 51 heavy (non-hydrogen) atoms. The number of carbonyl (C=O) groups excluding carboxylic acids is 2. The molecule has 0 aliphatic carbocycles. The van der Waals surface area contributed by atoms with Gasteiger partial charge in [0.05, 0.1) is 5.41 Å². The summed E-state index contributed by atoms with van der Waals surface area (Å²) < 4.78 is 0. The van der Waals surface area contributed by atoms with E-state index in [4.69, 9.17) is 5.73 Å². The molecule has 302 valence electrons. The summed E-state index contributed by atoms with van der Waals surface area (Å²) in [4.78, 5) is 27.1. The Morgan fingerprint density at radius 1 is 0.510 bits per heavy atom. The summed E-state index contributed by atoms with van der Waals surface area (Å²) in [5.74, 6) is 0.357. The first-order valence-electron chi connectivity index (χ1n) is 22.0. The standard InChI is InChI=1S/C46H87NO3.BrH/c1-5-7-9-11-13-15-17-19-21-23-25-27-29-31-34-38-43(49)42-45(3,46(4,47)40-36-33-37-41-48)44(50)39-35-32-30-28-26-24-22-20-18-16-14-12-10-8-6-2;/h19-22,48H,5-18,23-42,47H2,1-4H3;1H/b21-19-,22-20-;. The predicted molar refractivity (Wildman–Crippen MR) is 230 cm³/mol. The molecule has 0 fully saturated rings. The Bertz CT molecular complexity index is 838. The summed E-state index contributed by atoms with van der Waals surface area (Å²) in [6.07, 6.45) is 46.2. The first-order chi connectivity index (χ1) is 24.2. The maximum absolute atomic E-state index is 13.8. The fourth-order valence-electron chi connectivity index (χ4n) is 7.18. The zero-order valence-corrected chi connectivity index (χ0v) is 36.3. The van der Waals surface area contributed by atoms with E-state index in [2.05, 4.69) is 38.2 Å². The van der Waals surface area contributed by atoms with Crippen molar-refractivity contribution in [1.29, 1.82) is 0 Å². The number of unbranched alkanes of at least 4 members (excludes halogenated alkanes) is 24. The molecular weight excluding hydrogens is 694 g/mol. The smallest absolute Gasteiger partial charge is 0.141 e. The van der Waals surface area contributed by atoms with Crippen LogP contribution in [0, 0.1) is 5.41 Å². The monoisotopic (exact) mass is 782 g/mol. The van der Waals surface area contributed by atoms with Crippen LogP contribution in [0.15, 0.2) is 24.3 Å². The molecule has 0 saturated carbocycles. The van der Waals surface area contributed by atoms with Crippen molar-refractivity contribution < 1.29 is 14.7 Å². The predicted octanol–water partition coefficient (Wildman–Crippen LogP) is 14.4. The van der Waals surface area contributed by atoms with Crippen molar-refractivity contribution in [3.8, 4) is 0 Å². The molecule has 0 heterocycles. The lowest BCUT2D eigenvalue weighted by atomic mass is 9.63. The highest BCUT2D eigenvalue weighted by Gasteiger charge is 2.47. The van der Waals surface area contributed by atoms with Crippen molar-refractivity contribution in [3.05, 3.63) is 24.3 Å². The molecule has 0 aromatic carbocycles. The van der Waals surface area contributed by atoms with E-state index in [9.17, 15) is 14.7 Å². The number of carbonyl (C=O) groups is 2. The molecule has 0 aliphatic heterocycles. The molecular formula is C46H88BrNO3. The van der Waals surface area contributed by atoms with E-state index in [-0.39, 0.29) is 41.6 Å². The van der Waals surface area contributed by atoms with Gasteiger partial charge >= 0.3 is 0 Å². The highest BCUT2D eigenvalue weighted by molar-refractivity contribution is 8.93. The van der Waals surface area contributed by atoms with Gasteiger partial charge in [0.25, 0.3) is 0 Å². The number of Topliss-reactive ketones (excluding diaryl/α,β-unsaturated/α-hetero) is 2. The SMILES string of the molecule is Br.CCCCCCCC/C=C\CCCCCCCC(=O)CC(C)(C(=O)CCCCCCC/C=C\CCCCCCCC)C(C)(N)CCCCCO. The molecule has 4 nitrogen and oxygen atoms in total. The van der Waals surface area contributed by atoms with Crippen LogP contribution in [0.3, 0.4) is 0 Å². The Labute approximate surface area is 329 Å². The molecule has 0 saturated heterocycles. The quantitative estimate of drug-likeness (QED) is 0.0481. The van der Waals surface area contributed by atoms with Gasteiger partial charge in [0.15, 0.2) is 0 Å². The minimum absolute atomic E-state index is 0. The maximum atomic E-state index is 13.8. The van der Waals surface area contributed by atoms with Crippen LogP contribution in [0.4, 0.5) is 0 Å². The first kappa shape index (κ1) is 52.3. The number of hydrogen-bond acceptors (Lipinski definition) is 4. The van der Waals surface area contributed by atoms with E-state index in [0.717, 1.165) is 57.8 Å². The number of hydrogen-bond donors (Lipinski definition) is 2. The van der Waals surface area contributed by atoms with Gasteiger partial charge in [0.2, 0.25) is 0 Å². The summed E-state index contributed by atoms with van der Waals surface area (Å²) in [5, 5.41) is 9.22. The third kappa shape index (κ3) is 30.3. The van der Waals surface area contributed by atoms with E-state index in [1.165, 1.54) is 128 Å². The van der Waals surface area contributed by atoms with Gasteiger partial charge < -0.3 is 10.8 Å². The van der Waals surface area contributed by atoms with Crippen molar-refractivity contribution in [2.45, 2.75) is 245 Å². The van der Waals surface area contributed by atoms with Gasteiger partial charge in [-0.2, -0.15) is 0 Å². The summed E-state index contributed by atoms with van der Waals surface area (Å²) in [5.41, 5.74) is 5.34. The molecule has 0 aromatic heterocycles. The second-order valence-corrected chi connectivity index (χ2v) is 16.1. The summed E-state index contributed by atoms with van der Waals surface area (Å²) >= 11 is 0. The van der Waals surface area contributed by atoms with Gasteiger partial charge in [0.1, 0.15) is 11.6 Å². The van der Waals surface area contributed by atoms with Crippen molar-refractivity contribution >= 4 is 28.5 Å². The van der Waals surface area contributed by atoms with Gasteiger partial charge in [-0.15, -0.1) is 17.0 Å². The minimum atomic E-state index is -0.841. The average molecular weight is 783 g/mol. The van der Waals surface area contributed by atoms with Crippen LogP contribution in [0.25, 0.3) is 0 Å². The number of nitrogens with two attached hydrogens (primary N) is 1. The fourth-order valence-corrected chi connectivity index (χ4v) is 7.18. The van der Waals surface area contributed by atoms with E-state index >= 15 is 0 Å². The van der Waals surface area contributed by atoms with Crippen molar-refractivity contribution in [1.82, 2.24) is 0 Å². The molecule has 0 amide bonds.